The van der Waals surface area contributed by atoms with Gasteiger partial charge in [0.15, 0.2) is 5.96 Å². The molecule has 5 heteroatoms. The summed E-state index contributed by atoms with van der Waals surface area (Å²) in [6, 6.07) is 0.973. The summed E-state index contributed by atoms with van der Waals surface area (Å²) >= 11 is 0. The Balaban J connectivity index is 0.00000144. The maximum atomic E-state index is 6.25. The molecule has 0 radical (unpaired) electrons. The highest BCUT2D eigenvalue weighted by Gasteiger charge is 2.66. The van der Waals surface area contributed by atoms with Crippen LogP contribution in [-0.4, -0.2) is 30.8 Å². The number of fused-ring (bicyclic) bond motifs is 2. The van der Waals surface area contributed by atoms with Gasteiger partial charge >= 0.3 is 0 Å². The van der Waals surface area contributed by atoms with Crippen molar-refractivity contribution in [2.75, 3.05) is 6.61 Å². The number of halogens is 1. The van der Waals surface area contributed by atoms with Gasteiger partial charge in [0.2, 0.25) is 0 Å². The summed E-state index contributed by atoms with van der Waals surface area (Å²) in [6.07, 6.45) is 13.5. The van der Waals surface area contributed by atoms with Crippen molar-refractivity contribution in [1.29, 1.82) is 0 Å². The molecule has 1 saturated heterocycles. The first-order valence-electron chi connectivity index (χ1n) is 9.01. The number of guanidine groups is 1. The van der Waals surface area contributed by atoms with Crippen LogP contribution in [0.1, 0.15) is 64.2 Å². The maximum absolute atomic E-state index is 6.25. The van der Waals surface area contributed by atoms with Crippen LogP contribution in [0.2, 0.25) is 0 Å². The fraction of sp³-hybridized carbons (Fsp3) is 0.941. The van der Waals surface area contributed by atoms with Crippen molar-refractivity contribution in [3.63, 3.8) is 0 Å². The summed E-state index contributed by atoms with van der Waals surface area (Å²) < 4.78 is 5.96. The molecule has 3 atom stereocenters. The molecule has 3 unspecified atom stereocenters. The first kappa shape index (κ1) is 16.8. The Morgan fingerprint density at radius 3 is 2.41 bits per heavy atom. The summed E-state index contributed by atoms with van der Waals surface area (Å²) in [7, 11) is 0. The van der Waals surface area contributed by atoms with Gasteiger partial charge in [0.1, 0.15) is 0 Å². The Bertz CT molecular complexity index is 416. The number of nitrogens with one attached hydrogen (secondary N) is 1. The van der Waals surface area contributed by atoms with Crippen LogP contribution >= 0.6 is 24.0 Å². The summed E-state index contributed by atoms with van der Waals surface area (Å²) in [5.41, 5.74) is 6.60. The molecule has 0 bridgehead atoms. The topological polar surface area (TPSA) is 59.6 Å². The molecule has 0 aromatic heterocycles. The van der Waals surface area contributed by atoms with Crippen molar-refractivity contribution in [2.45, 2.75) is 82.4 Å². The van der Waals surface area contributed by atoms with Crippen LogP contribution in [-0.2, 0) is 4.74 Å². The van der Waals surface area contributed by atoms with Crippen molar-refractivity contribution >= 4 is 29.9 Å². The Labute approximate surface area is 151 Å². The third-order valence-corrected chi connectivity index (χ3v) is 6.47. The van der Waals surface area contributed by atoms with E-state index in [-0.39, 0.29) is 24.0 Å². The van der Waals surface area contributed by atoms with Crippen molar-refractivity contribution in [1.82, 2.24) is 5.32 Å². The van der Waals surface area contributed by atoms with E-state index in [9.17, 15) is 0 Å². The lowest BCUT2D eigenvalue weighted by Crippen LogP contribution is -2.66. The Morgan fingerprint density at radius 2 is 1.77 bits per heavy atom. The quantitative estimate of drug-likeness (QED) is 0.313. The van der Waals surface area contributed by atoms with E-state index in [0.717, 1.165) is 6.61 Å². The van der Waals surface area contributed by atoms with Gasteiger partial charge in [0, 0.05) is 24.0 Å². The summed E-state index contributed by atoms with van der Waals surface area (Å²) in [5.74, 6) is 1.34. The highest BCUT2D eigenvalue weighted by atomic mass is 127. The zero-order valence-electron chi connectivity index (χ0n) is 13.4. The summed E-state index contributed by atoms with van der Waals surface area (Å²) in [6.45, 7) is 0.930. The first-order valence-corrected chi connectivity index (χ1v) is 9.01. The second kappa shape index (κ2) is 6.83. The number of nitrogens with two attached hydrogens (primary N) is 1. The fourth-order valence-electron chi connectivity index (χ4n) is 5.21. The molecule has 4 fully saturated rings. The highest BCUT2D eigenvalue weighted by molar-refractivity contribution is 14.0. The van der Waals surface area contributed by atoms with E-state index in [1.807, 2.05) is 0 Å². The maximum Gasteiger partial charge on any atom is 0.189 e. The molecule has 4 aliphatic rings. The van der Waals surface area contributed by atoms with Crippen molar-refractivity contribution in [3.8, 4) is 0 Å². The van der Waals surface area contributed by atoms with E-state index in [1.54, 1.807) is 0 Å². The van der Waals surface area contributed by atoms with Crippen LogP contribution in [0.4, 0.5) is 0 Å². The summed E-state index contributed by atoms with van der Waals surface area (Å²) in [4.78, 5) is 4.93. The standard InChI is InChI=1S/C17H29N3O.HI/c18-16(19-12-6-3-1-2-4-7-12)20-14-13-8-11-21-15(13)17(14)9-5-10-17;/h12-15H,1-11H2,(H3,18,19,20);1H. The van der Waals surface area contributed by atoms with Crippen LogP contribution in [0.3, 0.4) is 0 Å². The van der Waals surface area contributed by atoms with Crippen LogP contribution < -0.4 is 11.1 Å². The molecule has 3 N–H and O–H groups in total. The smallest absolute Gasteiger partial charge is 0.189 e. The number of hydrogen-bond donors (Lipinski definition) is 2. The molecule has 1 heterocycles. The molecule has 4 nitrogen and oxygen atoms in total. The van der Waals surface area contributed by atoms with Gasteiger partial charge in [-0.15, -0.1) is 24.0 Å². The molecule has 0 amide bonds. The first-order chi connectivity index (χ1) is 10.3. The van der Waals surface area contributed by atoms with Crippen LogP contribution in [0, 0.1) is 11.3 Å². The van der Waals surface area contributed by atoms with Gasteiger partial charge in [0.25, 0.3) is 0 Å². The minimum Gasteiger partial charge on any atom is -0.377 e. The monoisotopic (exact) mass is 419 g/mol. The van der Waals surface area contributed by atoms with Gasteiger partial charge in [-0.1, -0.05) is 32.1 Å². The van der Waals surface area contributed by atoms with Gasteiger partial charge in [0.05, 0.1) is 12.1 Å². The highest BCUT2D eigenvalue weighted by Crippen LogP contribution is 2.64. The van der Waals surface area contributed by atoms with Gasteiger partial charge in [-0.2, -0.15) is 0 Å². The minimum absolute atomic E-state index is 0. The lowest BCUT2D eigenvalue weighted by Gasteiger charge is -2.61. The van der Waals surface area contributed by atoms with Crippen molar-refractivity contribution in [2.24, 2.45) is 22.1 Å². The zero-order valence-corrected chi connectivity index (χ0v) is 15.8. The Morgan fingerprint density at radius 1 is 1.05 bits per heavy atom. The minimum atomic E-state index is 0. The van der Waals surface area contributed by atoms with Crippen molar-refractivity contribution < 1.29 is 4.74 Å². The van der Waals surface area contributed by atoms with Gasteiger partial charge in [-0.25, -0.2) is 4.99 Å². The molecule has 0 aromatic rings. The van der Waals surface area contributed by atoms with E-state index in [2.05, 4.69) is 5.32 Å². The molecule has 126 valence electrons. The molecule has 4 rings (SSSR count). The van der Waals surface area contributed by atoms with Crippen LogP contribution in [0.5, 0.6) is 0 Å². The molecule has 3 saturated carbocycles. The predicted octanol–water partition coefficient (Wildman–Crippen LogP) is 3.19. The Kier molecular flexibility index (Phi) is 5.22. The number of aliphatic imine (C=N–C) groups is 1. The third-order valence-electron chi connectivity index (χ3n) is 6.47. The lowest BCUT2D eigenvalue weighted by atomic mass is 9.46. The van der Waals surface area contributed by atoms with E-state index in [1.165, 1.54) is 64.2 Å². The Hall–Kier alpha value is -0.0400. The molecular weight excluding hydrogens is 389 g/mol. The second-order valence-corrected chi connectivity index (χ2v) is 7.62. The second-order valence-electron chi connectivity index (χ2n) is 7.62. The van der Waals surface area contributed by atoms with Gasteiger partial charge in [-0.3, -0.25) is 0 Å². The normalized spacial score (nSPS) is 37.5. The van der Waals surface area contributed by atoms with Gasteiger partial charge < -0.3 is 15.8 Å². The van der Waals surface area contributed by atoms with Crippen LogP contribution in [0.15, 0.2) is 4.99 Å². The lowest BCUT2D eigenvalue weighted by molar-refractivity contribution is -0.164. The molecule has 1 aliphatic heterocycles. The SMILES string of the molecule is I.NC(=NC1C2CCOC2C12CCC2)NC1CCCCCC1. The number of nitrogens with zero attached hydrogens (tertiary/aromatic N) is 1. The summed E-state index contributed by atoms with van der Waals surface area (Å²) in [5, 5.41) is 3.51. The number of rotatable bonds is 2. The average molecular weight is 419 g/mol. The van der Waals surface area contributed by atoms with E-state index in [4.69, 9.17) is 15.5 Å². The van der Waals surface area contributed by atoms with E-state index >= 15 is 0 Å². The van der Waals surface area contributed by atoms with Crippen molar-refractivity contribution in [3.05, 3.63) is 0 Å². The predicted molar refractivity (Wildman–Crippen MR) is 99.6 cm³/mol. The van der Waals surface area contributed by atoms with E-state index in [0.29, 0.717) is 35.5 Å². The molecular formula is C17H30IN3O. The third kappa shape index (κ3) is 2.76. The molecule has 0 aromatic carbocycles. The van der Waals surface area contributed by atoms with Crippen LogP contribution in [0.25, 0.3) is 0 Å². The molecule has 3 aliphatic carbocycles. The molecule has 22 heavy (non-hydrogen) atoms. The average Bonchev–Trinajstić information content (AvgIpc) is 2.66. The number of ether oxygens (including phenoxy) is 1. The molecule has 1 spiro atoms. The van der Waals surface area contributed by atoms with E-state index < -0.39 is 0 Å². The zero-order chi connectivity index (χ0) is 14.3. The largest absolute Gasteiger partial charge is 0.377 e. The number of hydrogen-bond acceptors (Lipinski definition) is 2. The fourth-order valence-corrected chi connectivity index (χ4v) is 5.21. The van der Waals surface area contributed by atoms with Gasteiger partial charge in [-0.05, 0) is 32.1 Å².